The van der Waals surface area contributed by atoms with Gasteiger partial charge in [-0.25, -0.2) is 8.42 Å². The summed E-state index contributed by atoms with van der Waals surface area (Å²) in [4.78, 5) is 39.0. The number of hydrogen-bond donors (Lipinski definition) is 2. The smallest absolute Gasteiger partial charge is 0.245 e. The van der Waals surface area contributed by atoms with Crippen molar-refractivity contribution in [1.29, 1.82) is 0 Å². The van der Waals surface area contributed by atoms with Crippen LogP contribution in [0.5, 0.6) is 0 Å². The monoisotopic (exact) mass is 431 g/mol. The van der Waals surface area contributed by atoms with Crippen LogP contribution in [0.1, 0.15) is 52.4 Å². The lowest BCUT2D eigenvalue weighted by atomic mass is 9.97. The van der Waals surface area contributed by atoms with E-state index in [-0.39, 0.29) is 24.3 Å². The van der Waals surface area contributed by atoms with Crippen molar-refractivity contribution >= 4 is 39.3 Å². The van der Waals surface area contributed by atoms with Gasteiger partial charge >= 0.3 is 0 Å². The first-order valence-electron chi connectivity index (χ1n) is 9.75. The number of amides is 3. The van der Waals surface area contributed by atoms with Gasteiger partial charge in [-0.1, -0.05) is 12.8 Å². The second-order valence-corrected chi connectivity index (χ2v) is 12.0. The Kier molecular flexibility index (Phi) is 6.01. The molecule has 3 rings (SSSR count). The van der Waals surface area contributed by atoms with E-state index in [0.717, 1.165) is 25.7 Å². The molecule has 10 heteroatoms. The Hall–Kier alpha value is -1.29. The number of nitrogens with one attached hydrogen (secondary N) is 2. The molecule has 3 atom stereocenters. The van der Waals surface area contributed by atoms with Gasteiger partial charge in [0.1, 0.15) is 17.5 Å². The molecule has 8 nitrogen and oxygen atoms in total. The zero-order chi connectivity index (χ0) is 20.7. The van der Waals surface area contributed by atoms with Gasteiger partial charge in [-0.2, -0.15) is 11.8 Å². The maximum atomic E-state index is 13.0. The number of thioether (sulfide) groups is 1. The predicted octanol–water partition coefficient (Wildman–Crippen LogP) is 0.417. The fourth-order valence-corrected chi connectivity index (χ4v) is 6.99. The van der Waals surface area contributed by atoms with E-state index in [4.69, 9.17) is 0 Å². The van der Waals surface area contributed by atoms with Gasteiger partial charge in [0.2, 0.25) is 17.7 Å². The predicted molar refractivity (Wildman–Crippen MR) is 107 cm³/mol. The zero-order valence-corrected chi connectivity index (χ0v) is 18.2. The average Bonchev–Trinajstić information content (AvgIpc) is 3.16. The minimum Gasteiger partial charge on any atom is -0.352 e. The fourth-order valence-electron chi connectivity index (χ4n) is 4.38. The lowest BCUT2D eigenvalue weighted by Crippen LogP contribution is -2.61. The molecule has 2 aliphatic heterocycles. The van der Waals surface area contributed by atoms with Crippen molar-refractivity contribution < 1.29 is 22.8 Å². The Labute approximate surface area is 170 Å². The molecule has 2 N–H and O–H groups in total. The Balaban J connectivity index is 1.75. The van der Waals surface area contributed by atoms with E-state index in [1.165, 1.54) is 18.7 Å². The highest BCUT2D eigenvalue weighted by Crippen LogP contribution is 2.45. The number of hydrogen-bond acceptors (Lipinski definition) is 6. The Morgan fingerprint density at radius 2 is 1.93 bits per heavy atom. The molecule has 3 aliphatic rings. The minimum absolute atomic E-state index is 0.0758. The normalized spacial score (nSPS) is 29.1. The van der Waals surface area contributed by atoms with Gasteiger partial charge in [-0.3, -0.25) is 14.4 Å². The first-order chi connectivity index (χ1) is 13.1. The van der Waals surface area contributed by atoms with Crippen LogP contribution in [0.25, 0.3) is 0 Å². The molecular weight excluding hydrogens is 402 g/mol. The van der Waals surface area contributed by atoms with Gasteiger partial charge in [-0.05, 0) is 45.1 Å². The second-order valence-electron chi connectivity index (χ2n) is 8.34. The molecule has 0 aromatic carbocycles. The van der Waals surface area contributed by atoms with E-state index in [9.17, 15) is 22.8 Å². The summed E-state index contributed by atoms with van der Waals surface area (Å²) in [6.45, 7) is 2.96. The van der Waals surface area contributed by atoms with Crippen LogP contribution in [0.4, 0.5) is 0 Å². The number of β-lactam (4-membered cyclic amide) rings is 1. The van der Waals surface area contributed by atoms with Crippen LogP contribution in [0.15, 0.2) is 0 Å². The van der Waals surface area contributed by atoms with Gasteiger partial charge in [0.15, 0.2) is 9.84 Å². The quantitative estimate of drug-likeness (QED) is 0.565. The molecule has 0 radical (unpaired) electrons. The molecule has 0 aromatic heterocycles. The number of carbonyl (C=O) groups is 3. The maximum absolute atomic E-state index is 13.0. The standard InChI is InChI=1S/C18H29N3O5S2/c1-18(2)15(21-13(22)10-14(21)28(18,25)26)17(24)20-12(8-9-27-3)16(23)19-11-6-4-5-7-11/h11-12,14-15H,4-10H2,1-3H3,(H,19,23)(H,20,24). The van der Waals surface area contributed by atoms with Gasteiger partial charge < -0.3 is 15.5 Å². The van der Waals surface area contributed by atoms with Crippen molar-refractivity contribution in [3.05, 3.63) is 0 Å². The first-order valence-corrected chi connectivity index (χ1v) is 12.7. The van der Waals surface area contributed by atoms with E-state index < -0.39 is 37.9 Å². The summed E-state index contributed by atoms with van der Waals surface area (Å²) >= 11 is 1.57. The van der Waals surface area contributed by atoms with E-state index >= 15 is 0 Å². The van der Waals surface area contributed by atoms with Crippen LogP contribution in [0.2, 0.25) is 0 Å². The number of fused-ring (bicyclic) bond motifs is 1. The molecular formula is C18H29N3O5S2. The molecule has 2 heterocycles. The van der Waals surface area contributed by atoms with Crippen molar-refractivity contribution in [2.75, 3.05) is 12.0 Å². The van der Waals surface area contributed by atoms with E-state index in [0.29, 0.717) is 12.2 Å². The second kappa shape index (κ2) is 7.85. The summed E-state index contributed by atoms with van der Waals surface area (Å²) in [5.74, 6) is -0.465. The third-order valence-corrected chi connectivity index (χ3v) is 9.61. The van der Waals surface area contributed by atoms with Gasteiger partial charge in [0.05, 0.1) is 11.2 Å². The molecule has 0 aromatic rings. The molecule has 0 spiro atoms. The van der Waals surface area contributed by atoms with E-state index in [2.05, 4.69) is 10.6 Å². The van der Waals surface area contributed by atoms with E-state index in [1.54, 1.807) is 11.8 Å². The highest BCUT2D eigenvalue weighted by atomic mass is 32.2. The van der Waals surface area contributed by atoms with E-state index in [1.807, 2.05) is 6.26 Å². The maximum Gasteiger partial charge on any atom is 0.245 e. The number of carbonyl (C=O) groups excluding carboxylic acids is 3. The largest absolute Gasteiger partial charge is 0.352 e. The topological polar surface area (TPSA) is 113 Å². The highest BCUT2D eigenvalue weighted by molar-refractivity contribution is 7.98. The molecule has 3 unspecified atom stereocenters. The molecule has 3 fully saturated rings. The average molecular weight is 432 g/mol. The van der Waals surface area contributed by atoms with Crippen LogP contribution in [0, 0.1) is 0 Å². The Bertz CT molecular complexity index is 761. The molecule has 3 amide bonds. The molecule has 28 heavy (non-hydrogen) atoms. The SMILES string of the molecule is CSCCC(NC(=O)C1N2C(=O)CC2S(=O)(=O)C1(C)C)C(=O)NC1CCCC1. The van der Waals surface area contributed by atoms with Gasteiger partial charge in [-0.15, -0.1) is 0 Å². The van der Waals surface area contributed by atoms with Crippen LogP contribution >= 0.6 is 11.8 Å². The van der Waals surface area contributed by atoms with Crippen molar-refractivity contribution in [2.24, 2.45) is 0 Å². The summed E-state index contributed by atoms with van der Waals surface area (Å²) < 4.78 is 24.0. The Morgan fingerprint density at radius 1 is 1.29 bits per heavy atom. The Morgan fingerprint density at radius 3 is 2.50 bits per heavy atom. The first kappa shape index (κ1) is 21.4. The summed E-state index contributed by atoms with van der Waals surface area (Å²) in [7, 11) is -3.64. The molecule has 1 aliphatic carbocycles. The number of nitrogens with zero attached hydrogens (tertiary/aromatic N) is 1. The van der Waals surface area contributed by atoms with Crippen molar-refractivity contribution in [1.82, 2.24) is 15.5 Å². The van der Waals surface area contributed by atoms with Crippen LogP contribution in [-0.2, 0) is 24.2 Å². The fraction of sp³-hybridized carbons (Fsp3) is 0.833. The summed E-state index contributed by atoms with van der Waals surface area (Å²) in [6.07, 6.45) is 6.33. The van der Waals surface area contributed by atoms with Crippen molar-refractivity contribution in [3.63, 3.8) is 0 Å². The third kappa shape index (κ3) is 3.53. The molecule has 0 bridgehead atoms. The van der Waals surface area contributed by atoms with Crippen LogP contribution in [-0.4, -0.2) is 71.3 Å². The number of sulfone groups is 1. The highest BCUT2D eigenvalue weighted by Gasteiger charge is 2.67. The summed E-state index contributed by atoms with van der Waals surface area (Å²) in [6, 6.07) is -1.72. The van der Waals surface area contributed by atoms with Crippen LogP contribution < -0.4 is 10.6 Å². The number of rotatable bonds is 7. The lowest BCUT2D eigenvalue weighted by molar-refractivity contribution is -0.150. The zero-order valence-electron chi connectivity index (χ0n) is 16.6. The minimum atomic E-state index is -3.64. The van der Waals surface area contributed by atoms with Crippen molar-refractivity contribution in [3.8, 4) is 0 Å². The lowest BCUT2D eigenvalue weighted by Gasteiger charge is -2.37. The van der Waals surface area contributed by atoms with Crippen LogP contribution in [0.3, 0.4) is 0 Å². The molecule has 158 valence electrons. The third-order valence-electron chi connectivity index (χ3n) is 6.17. The van der Waals surface area contributed by atoms with Gasteiger partial charge in [0.25, 0.3) is 0 Å². The summed E-state index contributed by atoms with van der Waals surface area (Å²) in [5.41, 5.74) is 0. The van der Waals surface area contributed by atoms with Crippen molar-refractivity contribution in [2.45, 2.75) is 80.6 Å². The summed E-state index contributed by atoms with van der Waals surface area (Å²) in [5, 5.41) is 4.82. The molecule has 1 saturated carbocycles. The van der Waals surface area contributed by atoms with Gasteiger partial charge in [0, 0.05) is 6.04 Å². The molecule has 2 saturated heterocycles.